The summed E-state index contributed by atoms with van der Waals surface area (Å²) in [7, 11) is 2.08. The number of hydrogen-bond donors (Lipinski definition) is 2. The third-order valence-corrected chi connectivity index (χ3v) is 3.03. The van der Waals surface area contributed by atoms with E-state index in [9.17, 15) is 9.90 Å². The Morgan fingerprint density at radius 1 is 1.65 bits per heavy atom. The molecular formula is C12H17N3O2. The van der Waals surface area contributed by atoms with Crippen molar-refractivity contribution in [2.45, 2.75) is 6.42 Å². The minimum absolute atomic E-state index is 0.0123. The average molecular weight is 235 g/mol. The van der Waals surface area contributed by atoms with E-state index in [1.165, 1.54) is 18.5 Å². The Balaban J connectivity index is 1.85. The smallest absolute Gasteiger partial charge is 0.252 e. The largest absolute Gasteiger partial charge is 0.506 e. The minimum Gasteiger partial charge on any atom is -0.506 e. The summed E-state index contributed by atoms with van der Waals surface area (Å²) in [5.74, 6) is 0.357. The van der Waals surface area contributed by atoms with Gasteiger partial charge in [-0.05, 0) is 32.0 Å². The zero-order valence-electron chi connectivity index (χ0n) is 9.89. The average Bonchev–Trinajstić information content (AvgIpc) is 2.72. The Morgan fingerprint density at radius 3 is 3.12 bits per heavy atom. The van der Waals surface area contributed by atoms with Crippen LogP contribution in [0.25, 0.3) is 0 Å². The van der Waals surface area contributed by atoms with Crippen molar-refractivity contribution in [2.24, 2.45) is 5.92 Å². The van der Waals surface area contributed by atoms with E-state index in [1.54, 1.807) is 0 Å². The molecule has 92 valence electrons. The molecule has 1 aliphatic heterocycles. The first kappa shape index (κ1) is 11.9. The van der Waals surface area contributed by atoms with Crippen LogP contribution in [0.15, 0.2) is 18.5 Å². The maximum Gasteiger partial charge on any atom is 0.252 e. The Bertz CT molecular complexity index is 408. The number of carbonyl (C=O) groups is 1. The number of likely N-dealkylation sites (tertiary alicyclic amines) is 1. The summed E-state index contributed by atoms with van der Waals surface area (Å²) >= 11 is 0. The number of pyridine rings is 1. The summed E-state index contributed by atoms with van der Waals surface area (Å²) < 4.78 is 0. The van der Waals surface area contributed by atoms with E-state index in [0.29, 0.717) is 18.0 Å². The fraction of sp³-hybridized carbons (Fsp3) is 0.500. The third kappa shape index (κ3) is 3.17. The van der Waals surface area contributed by atoms with Gasteiger partial charge in [0.25, 0.3) is 5.91 Å². The molecule has 0 aliphatic carbocycles. The lowest BCUT2D eigenvalue weighted by molar-refractivity contribution is 0.0947. The molecule has 0 spiro atoms. The van der Waals surface area contributed by atoms with Gasteiger partial charge >= 0.3 is 0 Å². The topological polar surface area (TPSA) is 65.5 Å². The molecule has 1 unspecified atom stereocenters. The van der Waals surface area contributed by atoms with Crippen molar-refractivity contribution in [2.75, 3.05) is 26.7 Å². The van der Waals surface area contributed by atoms with Gasteiger partial charge in [0.1, 0.15) is 5.75 Å². The van der Waals surface area contributed by atoms with Crippen LogP contribution in [0.1, 0.15) is 16.8 Å². The first-order chi connectivity index (χ1) is 8.15. The van der Waals surface area contributed by atoms with Crippen molar-refractivity contribution < 1.29 is 9.90 Å². The molecule has 1 atom stereocenters. The first-order valence-corrected chi connectivity index (χ1v) is 5.76. The molecule has 17 heavy (non-hydrogen) atoms. The van der Waals surface area contributed by atoms with Crippen molar-refractivity contribution in [3.8, 4) is 5.75 Å². The number of carbonyl (C=O) groups excluding carboxylic acids is 1. The monoisotopic (exact) mass is 235 g/mol. The molecule has 2 heterocycles. The molecule has 1 aliphatic rings. The highest BCUT2D eigenvalue weighted by Crippen LogP contribution is 2.13. The maximum absolute atomic E-state index is 11.8. The summed E-state index contributed by atoms with van der Waals surface area (Å²) in [6.07, 6.45) is 3.88. The number of amides is 1. The van der Waals surface area contributed by atoms with Crippen LogP contribution in [0.2, 0.25) is 0 Å². The highest BCUT2D eigenvalue weighted by atomic mass is 16.3. The zero-order chi connectivity index (χ0) is 12.3. The van der Waals surface area contributed by atoms with Crippen LogP contribution < -0.4 is 5.32 Å². The van der Waals surface area contributed by atoms with E-state index in [4.69, 9.17) is 0 Å². The SMILES string of the molecule is CN1CCC(CNC(=O)c2cncc(O)c2)C1. The molecule has 1 aromatic rings. The number of hydrogen-bond acceptors (Lipinski definition) is 4. The van der Waals surface area contributed by atoms with Gasteiger partial charge in [-0.25, -0.2) is 0 Å². The predicted molar refractivity (Wildman–Crippen MR) is 63.8 cm³/mol. The molecule has 0 saturated carbocycles. The van der Waals surface area contributed by atoms with Gasteiger partial charge in [0.05, 0.1) is 11.8 Å². The molecule has 2 N–H and O–H groups in total. The molecular weight excluding hydrogens is 218 g/mol. The summed E-state index contributed by atoms with van der Waals surface area (Å²) in [6, 6.07) is 1.42. The highest BCUT2D eigenvalue weighted by molar-refractivity contribution is 5.94. The zero-order valence-corrected chi connectivity index (χ0v) is 9.89. The Morgan fingerprint density at radius 2 is 2.47 bits per heavy atom. The Labute approximate surface area is 100 Å². The van der Waals surface area contributed by atoms with E-state index in [0.717, 1.165) is 19.5 Å². The molecule has 5 nitrogen and oxygen atoms in total. The van der Waals surface area contributed by atoms with Gasteiger partial charge in [-0.15, -0.1) is 0 Å². The van der Waals surface area contributed by atoms with Gasteiger partial charge in [0.15, 0.2) is 0 Å². The number of rotatable bonds is 3. The first-order valence-electron chi connectivity index (χ1n) is 5.76. The predicted octanol–water partition coefficient (Wildman–Crippen LogP) is 0.469. The van der Waals surface area contributed by atoms with Gasteiger partial charge < -0.3 is 15.3 Å². The van der Waals surface area contributed by atoms with Crippen LogP contribution in [-0.2, 0) is 0 Å². The molecule has 2 rings (SSSR count). The summed E-state index contributed by atoms with van der Waals surface area (Å²) in [4.78, 5) is 17.8. The summed E-state index contributed by atoms with van der Waals surface area (Å²) in [5.41, 5.74) is 0.399. The third-order valence-electron chi connectivity index (χ3n) is 3.03. The highest BCUT2D eigenvalue weighted by Gasteiger charge is 2.20. The summed E-state index contributed by atoms with van der Waals surface area (Å²) in [6.45, 7) is 2.80. The molecule has 1 fully saturated rings. The van der Waals surface area contributed by atoms with E-state index in [1.807, 2.05) is 0 Å². The van der Waals surface area contributed by atoms with Gasteiger partial charge in [-0.2, -0.15) is 0 Å². The van der Waals surface area contributed by atoms with E-state index < -0.39 is 0 Å². The van der Waals surface area contributed by atoms with Crippen molar-refractivity contribution in [3.63, 3.8) is 0 Å². The lowest BCUT2D eigenvalue weighted by Crippen LogP contribution is -2.30. The van der Waals surface area contributed by atoms with Crippen LogP contribution in [0.3, 0.4) is 0 Å². The quantitative estimate of drug-likeness (QED) is 0.799. The van der Waals surface area contributed by atoms with Gasteiger partial charge in [-0.3, -0.25) is 9.78 Å². The lowest BCUT2D eigenvalue weighted by atomic mass is 10.1. The van der Waals surface area contributed by atoms with E-state index >= 15 is 0 Å². The van der Waals surface area contributed by atoms with Crippen molar-refractivity contribution in [1.82, 2.24) is 15.2 Å². The maximum atomic E-state index is 11.8. The normalized spacial score (nSPS) is 20.4. The van der Waals surface area contributed by atoms with Crippen LogP contribution >= 0.6 is 0 Å². The molecule has 1 aromatic heterocycles. The fourth-order valence-electron chi connectivity index (χ4n) is 2.08. The van der Waals surface area contributed by atoms with Gasteiger partial charge in [0, 0.05) is 19.3 Å². The molecule has 0 aromatic carbocycles. The number of aromatic hydroxyl groups is 1. The van der Waals surface area contributed by atoms with Crippen molar-refractivity contribution >= 4 is 5.91 Å². The van der Waals surface area contributed by atoms with Gasteiger partial charge in [-0.1, -0.05) is 0 Å². The summed E-state index contributed by atoms with van der Waals surface area (Å²) in [5, 5.41) is 12.1. The van der Waals surface area contributed by atoms with Crippen molar-refractivity contribution in [3.05, 3.63) is 24.0 Å². The minimum atomic E-state index is -0.178. The second-order valence-electron chi connectivity index (χ2n) is 4.56. The second-order valence-corrected chi connectivity index (χ2v) is 4.56. The molecule has 1 saturated heterocycles. The lowest BCUT2D eigenvalue weighted by Gasteiger charge is -2.11. The number of aromatic nitrogens is 1. The van der Waals surface area contributed by atoms with Crippen LogP contribution in [0.4, 0.5) is 0 Å². The van der Waals surface area contributed by atoms with Crippen LogP contribution in [0.5, 0.6) is 5.75 Å². The van der Waals surface area contributed by atoms with Crippen molar-refractivity contribution in [1.29, 1.82) is 0 Å². The van der Waals surface area contributed by atoms with Crippen LogP contribution in [0, 0.1) is 5.92 Å². The van der Waals surface area contributed by atoms with Crippen LogP contribution in [-0.4, -0.2) is 47.6 Å². The van der Waals surface area contributed by atoms with E-state index in [2.05, 4.69) is 22.2 Å². The Hall–Kier alpha value is -1.62. The molecule has 0 radical (unpaired) electrons. The Kier molecular flexibility index (Phi) is 3.58. The fourth-order valence-corrected chi connectivity index (χ4v) is 2.08. The van der Waals surface area contributed by atoms with E-state index in [-0.39, 0.29) is 11.7 Å². The second kappa shape index (κ2) is 5.14. The molecule has 1 amide bonds. The number of nitrogens with one attached hydrogen (secondary N) is 1. The molecule has 5 heteroatoms. The van der Waals surface area contributed by atoms with Gasteiger partial charge in [0.2, 0.25) is 0 Å². The molecule has 0 bridgehead atoms. The standard InChI is InChI=1S/C12H17N3O2/c1-15-3-2-9(8-15)5-14-12(17)10-4-11(16)7-13-6-10/h4,6-7,9,16H,2-3,5,8H2,1H3,(H,14,17). The number of nitrogens with zero attached hydrogens (tertiary/aromatic N) is 2.